The molecule has 3 aromatic heterocycles. The zero-order valence-electron chi connectivity index (χ0n) is 20.5. The lowest BCUT2D eigenvalue weighted by Gasteiger charge is -2.34. The van der Waals surface area contributed by atoms with E-state index in [-0.39, 0.29) is 44.1 Å². The summed E-state index contributed by atoms with van der Waals surface area (Å²) >= 11 is 0. The molecule has 1 saturated heterocycles. The Morgan fingerprint density at radius 3 is 2.49 bits per heavy atom. The van der Waals surface area contributed by atoms with Crippen molar-refractivity contribution in [2.45, 2.75) is 31.1 Å². The molecule has 4 heterocycles. The second-order valence-electron chi connectivity index (χ2n) is 9.05. The van der Waals surface area contributed by atoms with Gasteiger partial charge in [0.1, 0.15) is 11.5 Å². The van der Waals surface area contributed by atoms with Crippen LogP contribution in [0.15, 0.2) is 53.2 Å². The molecule has 0 N–H and O–H groups in total. The maximum Gasteiger partial charge on any atom is 0.314 e. The van der Waals surface area contributed by atoms with E-state index in [0.29, 0.717) is 16.9 Å². The standard InChI is InChI=1S/C23H23F3N6O5S2/c1-38(33,34)31-9-6-19(7-10-31)39(35,36)32(18-4-2-3-16(24)12-18)14-17-13-30-8-5-15(11-20(30)27-17)22-28-29-23(37-22)21(25)26/h2-5,8,11-13,19,21H,6-7,9-10,14H2,1H3. The van der Waals surface area contributed by atoms with Crippen molar-refractivity contribution in [3.05, 3.63) is 66.2 Å². The fraction of sp³-hybridized carbons (Fsp3) is 0.348. The van der Waals surface area contributed by atoms with Gasteiger partial charge in [-0.3, -0.25) is 4.31 Å². The number of halogens is 3. The van der Waals surface area contributed by atoms with Crippen molar-refractivity contribution in [2.75, 3.05) is 23.7 Å². The van der Waals surface area contributed by atoms with Gasteiger partial charge in [0.25, 0.3) is 5.89 Å². The van der Waals surface area contributed by atoms with Crippen molar-refractivity contribution < 1.29 is 34.4 Å². The molecule has 0 atom stereocenters. The molecule has 4 aromatic rings. The summed E-state index contributed by atoms with van der Waals surface area (Å²) in [6.45, 7) is -0.120. The van der Waals surface area contributed by atoms with E-state index in [1.54, 1.807) is 22.9 Å². The molecule has 0 spiro atoms. The van der Waals surface area contributed by atoms with Crippen LogP contribution in [0.3, 0.4) is 0 Å². The highest BCUT2D eigenvalue weighted by Gasteiger charge is 2.37. The fourth-order valence-corrected chi connectivity index (χ4v) is 7.19. The van der Waals surface area contributed by atoms with Crippen LogP contribution < -0.4 is 4.31 Å². The lowest BCUT2D eigenvalue weighted by molar-refractivity contribution is 0.116. The number of alkyl halides is 2. The number of hydrogen-bond acceptors (Lipinski definition) is 8. The minimum atomic E-state index is -4.06. The number of benzene rings is 1. The predicted octanol–water partition coefficient (Wildman–Crippen LogP) is 3.22. The molecule has 1 fully saturated rings. The molecule has 16 heteroatoms. The SMILES string of the molecule is CS(=O)(=O)N1CCC(S(=O)(=O)N(Cc2cn3ccc(-c4nnc(C(F)F)o4)cc3n2)c2cccc(F)c2)CC1. The van der Waals surface area contributed by atoms with Gasteiger partial charge in [0.2, 0.25) is 25.9 Å². The van der Waals surface area contributed by atoms with E-state index >= 15 is 0 Å². The number of imidazole rings is 1. The van der Waals surface area contributed by atoms with Gasteiger partial charge < -0.3 is 8.82 Å². The number of hydrogen-bond donors (Lipinski definition) is 0. The van der Waals surface area contributed by atoms with E-state index in [1.165, 1.54) is 28.6 Å². The highest BCUT2D eigenvalue weighted by atomic mass is 32.2. The topological polar surface area (TPSA) is 131 Å². The summed E-state index contributed by atoms with van der Waals surface area (Å²) in [7, 11) is -7.52. The predicted molar refractivity (Wildman–Crippen MR) is 134 cm³/mol. The van der Waals surface area contributed by atoms with Crippen LogP contribution in [0.25, 0.3) is 17.1 Å². The third kappa shape index (κ3) is 5.62. The van der Waals surface area contributed by atoms with Crippen LogP contribution in [-0.2, 0) is 26.6 Å². The van der Waals surface area contributed by atoms with Crippen molar-refractivity contribution in [2.24, 2.45) is 0 Å². The van der Waals surface area contributed by atoms with Crippen LogP contribution in [0.2, 0.25) is 0 Å². The largest absolute Gasteiger partial charge is 0.415 e. The molecule has 0 amide bonds. The Hall–Kier alpha value is -3.50. The van der Waals surface area contributed by atoms with E-state index in [4.69, 9.17) is 4.42 Å². The average Bonchev–Trinajstić information content (AvgIpc) is 3.53. The molecular formula is C23H23F3N6O5S2. The van der Waals surface area contributed by atoms with Gasteiger partial charge in [-0.2, -0.15) is 8.78 Å². The maximum atomic E-state index is 14.1. The molecule has 0 saturated carbocycles. The van der Waals surface area contributed by atoms with Gasteiger partial charge in [-0.05, 0) is 43.2 Å². The molecule has 5 rings (SSSR count). The summed E-state index contributed by atoms with van der Waals surface area (Å²) in [6.07, 6.45) is 1.50. The van der Waals surface area contributed by atoms with Crippen LogP contribution in [-0.4, -0.2) is 65.3 Å². The molecule has 0 bridgehead atoms. The van der Waals surface area contributed by atoms with Crippen LogP contribution >= 0.6 is 0 Å². The van der Waals surface area contributed by atoms with Crippen LogP contribution in [0, 0.1) is 5.82 Å². The van der Waals surface area contributed by atoms with E-state index < -0.39 is 43.4 Å². The molecule has 0 unspecified atom stereocenters. The molecule has 39 heavy (non-hydrogen) atoms. The van der Waals surface area contributed by atoms with E-state index in [0.717, 1.165) is 16.6 Å². The van der Waals surface area contributed by atoms with E-state index in [9.17, 15) is 30.0 Å². The van der Waals surface area contributed by atoms with Gasteiger partial charge in [-0.25, -0.2) is 30.5 Å². The zero-order valence-corrected chi connectivity index (χ0v) is 22.1. The molecular weight excluding hydrogens is 561 g/mol. The number of sulfonamides is 2. The first-order chi connectivity index (χ1) is 18.4. The average molecular weight is 585 g/mol. The zero-order chi connectivity index (χ0) is 27.9. The summed E-state index contributed by atoms with van der Waals surface area (Å²) in [6, 6.07) is 8.24. The van der Waals surface area contributed by atoms with Gasteiger partial charge in [0.15, 0.2) is 0 Å². The second-order valence-corrected chi connectivity index (χ2v) is 13.2. The van der Waals surface area contributed by atoms with Gasteiger partial charge in [0, 0.05) is 31.0 Å². The van der Waals surface area contributed by atoms with Gasteiger partial charge in [0.05, 0.1) is 29.4 Å². The summed E-state index contributed by atoms with van der Waals surface area (Å²) in [5, 5.41) is 6.05. The molecule has 1 aliphatic rings. The molecule has 1 aliphatic heterocycles. The number of anilines is 1. The minimum absolute atomic E-state index is 0.0554. The Labute approximate surface area is 222 Å². The number of pyridine rings is 1. The lowest BCUT2D eigenvalue weighted by atomic mass is 10.2. The molecule has 1 aromatic carbocycles. The Morgan fingerprint density at radius 2 is 1.85 bits per heavy atom. The normalized spacial score (nSPS) is 15.8. The molecule has 0 radical (unpaired) electrons. The lowest BCUT2D eigenvalue weighted by Crippen LogP contribution is -2.46. The highest BCUT2D eigenvalue weighted by Crippen LogP contribution is 2.30. The molecule has 208 valence electrons. The highest BCUT2D eigenvalue weighted by molar-refractivity contribution is 7.93. The summed E-state index contributed by atoms with van der Waals surface area (Å²) in [5.74, 6) is -1.56. The second kappa shape index (κ2) is 10.2. The van der Waals surface area contributed by atoms with Crippen molar-refractivity contribution in [1.29, 1.82) is 0 Å². The van der Waals surface area contributed by atoms with E-state index in [2.05, 4.69) is 15.2 Å². The maximum absolute atomic E-state index is 14.1. The van der Waals surface area contributed by atoms with Gasteiger partial charge >= 0.3 is 6.43 Å². The smallest absolute Gasteiger partial charge is 0.314 e. The van der Waals surface area contributed by atoms with Gasteiger partial charge in [-0.1, -0.05) is 6.07 Å². The Kier molecular flexibility index (Phi) is 7.11. The number of rotatable bonds is 8. The summed E-state index contributed by atoms with van der Waals surface area (Å²) in [5.41, 5.74) is 1.12. The van der Waals surface area contributed by atoms with Crippen molar-refractivity contribution >= 4 is 31.4 Å². The summed E-state index contributed by atoms with van der Waals surface area (Å²) < 4.78 is 100.0. The summed E-state index contributed by atoms with van der Waals surface area (Å²) in [4.78, 5) is 4.47. The number of nitrogens with zero attached hydrogens (tertiary/aromatic N) is 6. The quantitative estimate of drug-likeness (QED) is 0.309. The molecule has 11 nitrogen and oxygen atoms in total. The first-order valence-corrected chi connectivity index (χ1v) is 15.1. The third-order valence-corrected chi connectivity index (χ3v) is 9.96. The molecule has 0 aliphatic carbocycles. The monoisotopic (exact) mass is 584 g/mol. The van der Waals surface area contributed by atoms with Crippen LogP contribution in [0.5, 0.6) is 0 Å². The number of piperidine rings is 1. The first kappa shape index (κ1) is 27.1. The Balaban J connectivity index is 1.45. The van der Waals surface area contributed by atoms with Crippen LogP contribution in [0.4, 0.5) is 18.9 Å². The van der Waals surface area contributed by atoms with E-state index in [1.807, 2.05) is 0 Å². The first-order valence-electron chi connectivity index (χ1n) is 11.7. The fourth-order valence-electron chi connectivity index (χ4n) is 4.43. The number of aromatic nitrogens is 4. The Morgan fingerprint density at radius 1 is 1.10 bits per heavy atom. The number of fused-ring (bicyclic) bond motifs is 1. The Bertz CT molecular complexity index is 1720. The van der Waals surface area contributed by atoms with Crippen molar-refractivity contribution in [3.8, 4) is 11.5 Å². The third-order valence-electron chi connectivity index (χ3n) is 6.38. The van der Waals surface area contributed by atoms with Gasteiger partial charge in [-0.15, -0.1) is 10.2 Å². The minimum Gasteiger partial charge on any atom is -0.415 e. The van der Waals surface area contributed by atoms with Crippen LogP contribution in [0.1, 0.15) is 30.9 Å². The van der Waals surface area contributed by atoms with Crippen molar-refractivity contribution in [3.63, 3.8) is 0 Å². The van der Waals surface area contributed by atoms with Crippen molar-refractivity contribution in [1.82, 2.24) is 23.9 Å².